The van der Waals surface area contributed by atoms with Gasteiger partial charge in [-0.25, -0.2) is 14.5 Å². The van der Waals surface area contributed by atoms with E-state index in [0.29, 0.717) is 27.9 Å². The van der Waals surface area contributed by atoms with Crippen molar-refractivity contribution in [2.75, 3.05) is 0 Å². The predicted molar refractivity (Wildman–Crippen MR) is 98.3 cm³/mol. The van der Waals surface area contributed by atoms with Gasteiger partial charge in [-0.15, -0.1) is 0 Å². The molecule has 0 aliphatic carbocycles. The van der Waals surface area contributed by atoms with Crippen molar-refractivity contribution in [1.29, 1.82) is 0 Å². The van der Waals surface area contributed by atoms with Crippen LogP contribution in [0.2, 0.25) is 0 Å². The Morgan fingerprint density at radius 1 is 1.12 bits per heavy atom. The molecular weight excluding hydrogens is 330 g/mol. The Kier molecular flexibility index (Phi) is 4.84. The van der Waals surface area contributed by atoms with Gasteiger partial charge in [-0.2, -0.15) is 5.10 Å². The summed E-state index contributed by atoms with van der Waals surface area (Å²) in [6.07, 6.45) is 0.732. The first-order valence-corrected chi connectivity index (χ1v) is 8.53. The van der Waals surface area contributed by atoms with Crippen LogP contribution in [0.4, 0.5) is 0 Å². The fraction of sp³-hybridized carbons (Fsp3) is 0.300. The molecule has 6 heteroatoms. The zero-order valence-corrected chi connectivity index (χ0v) is 15.3. The van der Waals surface area contributed by atoms with E-state index < -0.39 is 12.1 Å². The number of hydrogen-bond acceptors (Lipinski definition) is 5. The van der Waals surface area contributed by atoms with Crippen molar-refractivity contribution in [2.45, 2.75) is 39.8 Å². The summed E-state index contributed by atoms with van der Waals surface area (Å²) in [7, 11) is 0. The third kappa shape index (κ3) is 3.35. The van der Waals surface area contributed by atoms with E-state index in [1.807, 2.05) is 26.8 Å². The number of aromatic nitrogens is 3. The minimum atomic E-state index is -0.881. The summed E-state index contributed by atoms with van der Waals surface area (Å²) in [6, 6.07) is 10.6. The van der Waals surface area contributed by atoms with Crippen LogP contribution >= 0.6 is 0 Å². The zero-order valence-electron chi connectivity index (χ0n) is 15.3. The number of benzene rings is 1. The number of pyridine rings is 1. The number of ether oxygens (including phenoxy) is 1. The van der Waals surface area contributed by atoms with Gasteiger partial charge in [0.25, 0.3) is 0 Å². The van der Waals surface area contributed by atoms with Crippen molar-refractivity contribution in [3.8, 4) is 0 Å². The van der Waals surface area contributed by atoms with Crippen molar-refractivity contribution in [3.05, 3.63) is 59.4 Å². The van der Waals surface area contributed by atoms with Crippen LogP contribution in [0.3, 0.4) is 0 Å². The smallest absolute Gasteiger partial charge is 0.339 e. The van der Waals surface area contributed by atoms with Crippen molar-refractivity contribution >= 4 is 22.8 Å². The maximum Gasteiger partial charge on any atom is 0.339 e. The maximum atomic E-state index is 12.7. The molecule has 1 unspecified atom stereocenters. The molecule has 0 spiro atoms. The first kappa shape index (κ1) is 17.8. The third-order valence-corrected chi connectivity index (χ3v) is 4.12. The quantitative estimate of drug-likeness (QED) is 0.517. The first-order chi connectivity index (χ1) is 12.4. The average Bonchev–Trinajstić information content (AvgIpc) is 3.04. The van der Waals surface area contributed by atoms with Crippen LogP contribution in [0.15, 0.2) is 42.6 Å². The fourth-order valence-electron chi connectivity index (χ4n) is 2.80. The Labute approximate surface area is 151 Å². The van der Waals surface area contributed by atoms with Gasteiger partial charge < -0.3 is 4.74 Å². The van der Waals surface area contributed by atoms with Crippen LogP contribution in [-0.2, 0) is 4.74 Å². The number of carbonyl (C=O) groups is 2. The lowest BCUT2D eigenvalue weighted by atomic mass is 10.1. The second-order valence-corrected chi connectivity index (χ2v) is 6.51. The van der Waals surface area contributed by atoms with Crippen molar-refractivity contribution in [3.63, 3.8) is 0 Å². The molecule has 2 aromatic heterocycles. The molecule has 6 nitrogen and oxygen atoms in total. The number of esters is 1. The van der Waals surface area contributed by atoms with Gasteiger partial charge in [0.05, 0.1) is 17.1 Å². The summed E-state index contributed by atoms with van der Waals surface area (Å²) in [4.78, 5) is 29.6. The van der Waals surface area contributed by atoms with E-state index in [1.54, 1.807) is 48.1 Å². The second-order valence-electron chi connectivity index (χ2n) is 6.51. The molecule has 0 saturated heterocycles. The lowest BCUT2D eigenvalue weighted by Gasteiger charge is -2.13. The molecule has 0 radical (unpaired) electrons. The molecular formula is C20H21N3O3. The number of nitrogens with zero attached hydrogens (tertiary/aromatic N) is 3. The average molecular weight is 351 g/mol. The fourth-order valence-corrected chi connectivity index (χ4v) is 2.80. The van der Waals surface area contributed by atoms with Crippen LogP contribution < -0.4 is 0 Å². The molecule has 3 rings (SSSR count). The maximum absolute atomic E-state index is 12.7. The Morgan fingerprint density at radius 2 is 1.81 bits per heavy atom. The Bertz CT molecular complexity index is 961. The van der Waals surface area contributed by atoms with E-state index in [1.165, 1.54) is 0 Å². The highest BCUT2D eigenvalue weighted by molar-refractivity contribution is 6.05. The van der Waals surface area contributed by atoms with Gasteiger partial charge >= 0.3 is 5.97 Å². The zero-order chi connectivity index (χ0) is 18.8. The van der Waals surface area contributed by atoms with Crippen molar-refractivity contribution in [1.82, 2.24) is 14.8 Å². The van der Waals surface area contributed by atoms with Gasteiger partial charge in [0.2, 0.25) is 5.78 Å². The van der Waals surface area contributed by atoms with E-state index >= 15 is 0 Å². The summed E-state index contributed by atoms with van der Waals surface area (Å²) in [6.45, 7) is 7.38. The lowest BCUT2D eigenvalue weighted by Crippen LogP contribution is -2.24. The minimum absolute atomic E-state index is 0.115. The number of hydrogen-bond donors (Lipinski definition) is 0. The standard InChI is InChI=1S/C20H21N3O3/c1-12(2)23-19-17(11-21-23)16(10-13(3)22-19)20(25)26-14(4)18(24)15-8-6-5-7-9-15/h5-12,14H,1-4H3. The molecule has 1 aromatic carbocycles. The number of rotatable bonds is 5. The van der Waals surface area contributed by atoms with Crippen molar-refractivity contribution < 1.29 is 14.3 Å². The molecule has 3 aromatic rings. The molecule has 134 valence electrons. The SMILES string of the molecule is Cc1cc(C(=O)OC(C)C(=O)c2ccccc2)c2cnn(C(C)C)c2n1. The Hall–Kier alpha value is -3.02. The van der Waals surface area contributed by atoms with Gasteiger partial charge in [-0.3, -0.25) is 4.79 Å². The van der Waals surface area contributed by atoms with Gasteiger partial charge in [-0.05, 0) is 33.8 Å². The van der Waals surface area contributed by atoms with E-state index in [4.69, 9.17) is 4.74 Å². The van der Waals surface area contributed by atoms with E-state index in [2.05, 4.69) is 10.1 Å². The number of ketones is 1. The molecule has 0 amide bonds. The highest BCUT2D eigenvalue weighted by Crippen LogP contribution is 2.22. The number of fused-ring (bicyclic) bond motifs is 1. The van der Waals surface area contributed by atoms with Gasteiger partial charge in [0.15, 0.2) is 11.8 Å². The highest BCUT2D eigenvalue weighted by Gasteiger charge is 2.23. The van der Waals surface area contributed by atoms with Crippen molar-refractivity contribution in [2.24, 2.45) is 0 Å². The minimum Gasteiger partial charge on any atom is -0.451 e. The van der Waals surface area contributed by atoms with Crippen LogP contribution in [-0.4, -0.2) is 32.6 Å². The number of carbonyl (C=O) groups excluding carboxylic acids is 2. The van der Waals surface area contributed by atoms with Crippen LogP contribution in [0.5, 0.6) is 0 Å². The Balaban J connectivity index is 1.89. The molecule has 26 heavy (non-hydrogen) atoms. The van der Waals surface area contributed by atoms with Gasteiger partial charge in [0.1, 0.15) is 0 Å². The van der Waals surface area contributed by atoms with Crippen LogP contribution in [0, 0.1) is 6.92 Å². The van der Waals surface area contributed by atoms with E-state index in [-0.39, 0.29) is 11.8 Å². The van der Waals surface area contributed by atoms with Crippen LogP contribution in [0.25, 0.3) is 11.0 Å². The lowest BCUT2D eigenvalue weighted by molar-refractivity contribution is 0.0320. The van der Waals surface area contributed by atoms with E-state index in [9.17, 15) is 9.59 Å². The van der Waals surface area contributed by atoms with E-state index in [0.717, 1.165) is 0 Å². The molecule has 2 heterocycles. The summed E-state index contributed by atoms with van der Waals surface area (Å²) < 4.78 is 7.19. The molecule has 1 atom stereocenters. The summed E-state index contributed by atoms with van der Waals surface area (Å²) in [5.74, 6) is -0.792. The largest absolute Gasteiger partial charge is 0.451 e. The normalized spacial score (nSPS) is 12.3. The van der Waals surface area contributed by atoms with Gasteiger partial charge in [-0.1, -0.05) is 30.3 Å². The molecule has 0 bridgehead atoms. The molecule has 0 saturated carbocycles. The third-order valence-electron chi connectivity index (χ3n) is 4.12. The van der Waals surface area contributed by atoms with Crippen LogP contribution in [0.1, 0.15) is 53.2 Å². The Morgan fingerprint density at radius 3 is 2.46 bits per heavy atom. The molecule has 0 N–H and O–H groups in total. The summed E-state index contributed by atoms with van der Waals surface area (Å²) in [5.41, 5.74) is 2.20. The molecule has 0 aliphatic rings. The molecule has 0 fully saturated rings. The second kappa shape index (κ2) is 7.07. The topological polar surface area (TPSA) is 74.1 Å². The highest BCUT2D eigenvalue weighted by atomic mass is 16.5. The first-order valence-electron chi connectivity index (χ1n) is 8.53. The predicted octanol–water partition coefficient (Wildman–Crippen LogP) is 3.75. The summed E-state index contributed by atoms with van der Waals surface area (Å²) >= 11 is 0. The number of Topliss-reactive ketones (excluding diaryl/α,β-unsaturated/α-hetero) is 1. The van der Waals surface area contributed by atoms with Gasteiger partial charge in [0, 0.05) is 17.3 Å². The number of aryl methyl sites for hydroxylation is 1. The summed E-state index contributed by atoms with van der Waals surface area (Å²) in [5, 5.41) is 4.94. The monoisotopic (exact) mass is 351 g/mol. The molecule has 0 aliphatic heterocycles.